The number of hydrogen-bond acceptors (Lipinski definition) is 4. The van der Waals surface area contributed by atoms with Crippen molar-refractivity contribution in [3.05, 3.63) is 12.3 Å². The lowest BCUT2D eigenvalue weighted by molar-refractivity contribution is -0.137. The van der Waals surface area contributed by atoms with E-state index in [0.29, 0.717) is 13.2 Å². The van der Waals surface area contributed by atoms with Crippen LogP contribution in [0, 0.1) is 0 Å². The van der Waals surface area contributed by atoms with Gasteiger partial charge in [0.2, 0.25) is 0 Å². The molecule has 22 heavy (non-hydrogen) atoms. The number of hydrogen-bond donors (Lipinski definition) is 0. The summed E-state index contributed by atoms with van der Waals surface area (Å²) in [7, 11) is -1.78. The maximum absolute atomic E-state index is 11.3. The second-order valence-electron chi connectivity index (χ2n) is 7.03. The Hall–Kier alpha value is -0.813. The van der Waals surface area contributed by atoms with Crippen molar-refractivity contribution in [2.45, 2.75) is 78.1 Å². The Bertz CT molecular complexity index is 345. The molecule has 0 aromatic heterocycles. The van der Waals surface area contributed by atoms with E-state index in [9.17, 15) is 4.79 Å². The molecule has 0 aliphatic carbocycles. The molecule has 0 fully saturated rings. The van der Waals surface area contributed by atoms with Crippen molar-refractivity contribution in [1.82, 2.24) is 0 Å². The third-order valence-electron chi connectivity index (χ3n) is 4.08. The molecule has 0 radical (unpaired) electrons. The lowest BCUT2D eigenvalue weighted by Crippen LogP contribution is -2.42. The summed E-state index contributed by atoms with van der Waals surface area (Å²) < 4.78 is 16.7. The van der Waals surface area contributed by atoms with Gasteiger partial charge in [-0.2, -0.15) is 0 Å². The zero-order valence-electron chi connectivity index (χ0n) is 15.4. The summed E-state index contributed by atoms with van der Waals surface area (Å²) in [5, 5.41) is 0.184. The first-order valence-corrected chi connectivity index (χ1v) is 11.2. The molecular weight excluding hydrogens is 296 g/mol. The monoisotopic (exact) mass is 330 g/mol. The quantitative estimate of drug-likeness (QED) is 0.253. The van der Waals surface area contributed by atoms with Gasteiger partial charge in [-0.3, -0.25) is 0 Å². The molecule has 5 heteroatoms. The predicted octanol–water partition coefficient (Wildman–Crippen LogP) is 4.66. The van der Waals surface area contributed by atoms with Crippen LogP contribution in [-0.4, -0.2) is 33.6 Å². The fraction of sp³-hybridized carbons (Fsp3) is 0.824. The zero-order chi connectivity index (χ0) is 17.2. The Morgan fingerprint density at radius 1 is 1.23 bits per heavy atom. The van der Waals surface area contributed by atoms with E-state index in [1.54, 1.807) is 6.92 Å². The predicted molar refractivity (Wildman–Crippen MR) is 93.3 cm³/mol. The van der Waals surface area contributed by atoms with Crippen LogP contribution in [0.2, 0.25) is 18.1 Å². The van der Waals surface area contributed by atoms with Crippen molar-refractivity contribution >= 4 is 14.3 Å². The molecule has 0 bridgehead atoms. The summed E-state index contributed by atoms with van der Waals surface area (Å²) in [6, 6.07) is 0. The molecule has 0 amide bonds. The van der Waals surface area contributed by atoms with Crippen LogP contribution in [0.1, 0.15) is 53.9 Å². The fourth-order valence-electron chi connectivity index (χ4n) is 1.54. The molecule has 1 atom stereocenters. The topological polar surface area (TPSA) is 44.8 Å². The van der Waals surface area contributed by atoms with Crippen LogP contribution in [0.25, 0.3) is 0 Å². The molecule has 0 rings (SSSR count). The van der Waals surface area contributed by atoms with Crippen molar-refractivity contribution in [2.24, 2.45) is 0 Å². The van der Waals surface area contributed by atoms with Crippen LogP contribution < -0.4 is 0 Å². The van der Waals surface area contributed by atoms with Crippen LogP contribution >= 0.6 is 0 Å². The molecule has 0 N–H and O–H groups in total. The van der Waals surface area contributed by atoms with Gasteiger partial charge in [0.25, 0.3) is 0 Å². The van der Waals surface area contributed by atoms with E-state index in [4.69, 9.17) is 13.9 Å². The van der Waals surface area contributed by atoms with Gasteiger partial charge in [0.15, 0.2) is 8.32 Å². The molecule has 0 aromatic rings. The molecule has 0 aromatic carbocycles. The van der Waals surface area contributed by atoms with Crippen molar-refractivity contribution < 1.29 is 18.7 Å². The van der Waals surface area contributed by atoms with Crippen molar-refractivity contribution in [2.75, 3.05) is 13.2 Å². The minimum atomic E-state index is -1.78. The molecule has 0 saturated heterocycles. The first-order valence-electron chi connectivity index (χ1n) is 8.26. The smallest absolute Gasteiger partial charge is 0.333 e. The summed E-state index contributed by atoms with van der Waals surface area (Å²) in [4.78, 5) is 11.3. The highest BCUT2D eigenvalue weighted by atomic mass is 28.4. The molecule has 4 nitrogen and oxygen atoms in total. The van der Waals surface area contributed by atoms with Gasteiger partial charge in [0, 0.05) is 0 Å². The molecule has 0 heterocycles. The molecular formula is C17H34O4Si. The molecule has 130 valence electrons. The van der Waals surface area contributed by atoms with E-state index in [0.717, 1.165) is 19.3 Å². The van der Waals surface area contributed by atoms with Crippen molar-refractivity contribution in [3.63, 3.8) is 0 Å². The average molecular weight is 331 g/mol. The SMILES string of the molecule is CCCC[C@H](CO[Si](C)(C)C(C)(C)C)O/C=C/C(=O)OCC. The maximum Gasteiger partial charge on any atom is 0.333 e. The summed E-state index contributed by atoms with van der Waals surface area (Å²) in [5.41, 5.74) is 0. The van der Waals surface area contributed by atoms with E-state index in [1.807, 2.05) is 0 Å². The maximum atomic E-state index is 11.3. The second kappa shape index (κ2) is 10.1. The van der Waals surface area contributed by atoms with E-state index in [-0.39, 0.29) is 17.1 Å². The second-order valence-corrected chi connectivity index (χ2v) is 11.8. The van der Waals surface area contributed by atoms with Gasteiger partial charge in [-0.25, -0.2) is 4.79 Å². The number of ether oxygens (including phenoxy) is 2. The number of carbonyl (C=O) groups excluding carboxylic acids is 1. The van der Waals surface area contributed by atoms with Gasteiger partial charge in [-0.15, -0.1) is 0 Å². The molecule has 0 aliphatic rings. The van der Waals surface area contributed by atoms with Gasteiger partial charge in [-0.1, -0.05) is 34.1 Å². The third-order valence-corrected chi connectivity index (χ3v) is 8.58. The Morgan fingerprint density at radius 2 is 1.86 bits per heavy atom. The van der Waals surface area contributed by atoms with E-state index >= 15 is 0 Å². The van der Waals surface area contributed by atoms with Crippen molar-refractivity contribution in [3.8, 4) is 0 Å². The highest BCUT2D eigenvalue weighted by Gasteiger charge is 2.37. The number of unbranched alkanes of at least 4 members (excludes halogenated alkanes) is 1. The summed E-state index contributed by atoms with van der Waals surface area (Å²) in [6.45, 7) is 16.0. The minimum Gasteiger partial charge on any atom is -0.495 e. The highest BCUT2D eigenvalue weighted by molar-refractivity contribution is 6.74. The average Bonchev–Trinajstić information content (AvgIpc) is 2.40. The van der Waals surface area contributed by atoms with Gasteiger partial charge >= 0.3 is 5.97 Å². The van der Waals surface area contributed by atoms with Gasteiger partial charge < -0.3 is 13.9 Å². The summed E-state index contributed by atoms with van der Waals surface area (Å²) in [6.07, 6.45) is 5.88. The first kappa shape index (κ1) is 21.2. The van der Waals surface area contributed by atoms with Crippen LogP contribution in [-0.2, 0) is 18.7 Å². The zero-order valence-corrected chi connectivity index (χ0v) is 16.4. The Labute approximate surface area is 137 Å². The van der Waals surface area contributed by atoms with Crippen LogP contribution in [0.15, 0.2) is 12.3 Å². The summed E-state index contributed by atoms with van der Waals surface area (Å²) in [5.74, 6) is -0.373. The number of esters is 1. The molecule has 0 unspecified atom stereocenters. The Balaban J connectivity index is 4.49. The molecule has 0 aliphatic heterocycles. The lowest BCUT2D eigenvalue weighted by Gasteiger charge is -2.37. The van der Waals surface area contributed by atoms with Gasteiger partial charge in [0.05, 0.1) is 25.6 Å². The largest absolute Gasteiger partial charge is 0.495 e. The van der Waals surface area contributed by atoms with Gasteiger partial charge in [-0.05, 0) is 37.9 Å². The number of carbonyl (C=O) groups is 1. The van der Waals surface area contributed by atoms with Gasteiger partial charge in [0.1, 0.15) is 6.10 Å². The van der Waals surface area contributed by atoms with Crippen molar-refractivity contribution in [1.29, 1.82) is 0 Å². The third kappa shape index (κ3) is 8.59. The first-order chi connectivity index (χ1) is 10.1. The fourth-order valence-corrected chi connectivity index (χ4v) is 2.57. The molecule has 0 saturated carbocycles. The molecule has 0 spiro atoms. The minimum absolute atomic E-state index is 0.0141. The van der Waals surface area contributed by atoms with Crippen LogP contribution in [0.5, 0.6) is 0 Å². The normalized spacial score (nSPS) is 14.1. The standard InChI is InChI=1S/C17H34O4Si/c1-8-10-11-15(20-13-12-16(18)19-9-2)14-21-22(6,7)17(3,4)5/h12-13,15H,8-11,14H2,1-7H3/b13-12+/t15-/m1/s1. The summed E-state index contributed by atoms with van der Waals surface area (Å²) >= 11 is 0. The van der Waals surface area contributed by atoms with Crippen LogP contribution in [0.3, 0.4) is 0 Å². The van der Waals surface area contributed by atoms with E-state index in [1.165, 1.54) is 12.3 Å². The van der Waals surface area contributed by atoms with Crippen LogP contribution in [0.4, 0.5) is 0 Å². The van der Waals surface area contributed by atoms with E-state index < -0.39 is 8.32 Å². The Morgan fingerprint density at radius 3 is 2.36 bits per heavy atom. The Kier molecular flexibility index (Phi) is 9.68. The van der Waals surface area contributed by atoms with E-state index in [2.05, 4.69) is 40.8 Å². The highest BCUT2D eigenvalue weighted by Crippen LogP contribution is 2.36. The lowest BCUT2D eigenvalue weighted by atomic mass is 10.2. The number of rotatable bonds is 10.